The Morgan fingerprint density at radius 2 is 1.91 bits per heavy atom. The summed E-state index contributed by atoms with van der Waals surface area (Å²) >= 11 is 0. The van der Waals surface area contributed by atoms with Crippen molar-refractivity contribution in [1.29, 1.82) is 0 Å². The third-order valence-corrected chi connectivity index (χ3v) is 7.21. The second-order valence-electron chi connectivity index (χ2n) is 7.54. The van der Waals surface area contributed by atoms with Crippen LogP contribution in [-0.4, -0.2) is 56.5 Å². The van der Waals surface area contributed by atoms with E-state index in [4.69, 9.17) is 4.99 Å². The molecular formula is C16H30IN3O2S. The van der Waals surface area contributed by atoms with Gasteiger partial charge in [-0.25, -0.2) is 8.42 Å². The summed E-state index contributed by atoms with van der Waals surface area (Å²) in [6, 6.07) is 0.584. The van der Waals surface area contributed by atoms with Gasteiger partial charge in [0, 0.05) is 25.7 Å². The number of piperidine rings is 1. The maximum atomic E-state index is 11.6. The van der Waals surface area contributed by atoms with Gasteiger partial charge in [0.05, 0.1) is 11.5 Å². The molecule has 1 N–H and O–H groups in total. The molecule has 3 rings (SSSR count). The van der Waals surface area contributed by atoms with E-state index in [1.165, 1.54) is 19.3 Å². The predicted molar refractivity (Wildman–Crippen MR) is 105 cm³/mol. The Hall–Kier alpha value is -0.0500. The first kappa shape index (κ1) is 19.3. The molecule has 1 saturated carbocycles. The fourth-order valence-corrected chi connectivity index (χ4v) is 5.18. The van der Waals surface area contributed by atoms with E-state index >= 15 is 0 Å². The minimum Gasteiger partial charge on any atom is -0.354 e. The number of hydrogen-bond donors (Lipinski definition) is 1. The van der Waals surface area contributed by atoms with Crippen molar-refractivity contribution in [2.24, 2.45) is 22.7 Å². The highest BCUT2D eigenvalue weighted by molar-refractivity contribution is 14.0. The maximum absolute atomic E-state index is 11.6. The van der Waals surface area contributed by atoms with Gasteiger partial charge in [-0.2, -0.15) is 0 Å². The highest BCUT2D eigenvalue weighted by Crippen LogP contribution is 2.25. The highest BCUT2D eigenvalue weighted by Gasteiger charge is 2.31. The van der Waals surface area contributed by atoms with Crippen molar-refractivity contribution < 1.29 is 8.42 Å². The van der Waals surface area contributed by atoms with Crippen molar-refractivity contribution in [3.63, 3.8) is 0 Å². The van der Waals surface area contributed by atoms with Gasteiger partial charge in [0.25, 0.3) is 0 Å². The average Bonchev–Trinajstić information content (AvgIpc) is 3.21. The van der Waals surface area contributed by atoms with Crippen molar-refractivity contribution in [3.8, 4) is 0 Å². The molecule has 0 radical (unpaired) electrons. The van der Waals surface area contributed by atoms with Gasteiger partial charge in [-0.15, -0.1) is 24.0 Å². The van der Waals surface area contributed by atoms with Gasteiger partial charge in [0.15, 0.2) is 15.8 Å². The summed E-state index contributed by atoms with van der Waals surface area (Å²) in [6.45, 7) is 7.41. The molecule has 1 aliphatic carbocycles. The number of guanidine groups is 1. The number of likely N-dealkylation sites (tertiary alicyclic amines) is 1. The molecule has 2 aliphatic heterocycles. The van der Waals surface area contributed by atoms with E-state index in [9.17, 15) is 8.42 Å². The first-order valence-electron chi connectivity index (χ1n) is 8.69. The molecule has 0 spiro atoms. The molecule has 7 heteroatoms. The number of aliphatic imine (C=N–C) groups is 1. The lowest BCUT2D eigenvalue weighted by molar-refractivity contribution is 0.199. The van der Waals surface area contributed by atoms with Crippen molar-refractivity contribution in [3.05, 3.63) is 0 Å². The molecule has 2 saturated heterocycles. The number of hydrogen-bond acceptors (Lipinski definition) is 3. The lowest BCUT2D eigenvalue weighted by Crippen LogP contribution is -2.48. The molecule has 3 aliphatic rings. The summed E-state index contributed by atoms with van der Waals surface area (Å²) in [5.74, 6) is 3.36. The zero-order valence-corrected chi connectivity index (χ0v) is 17.3. The quantitative estimate of drug-likeness (QED) is 0.403. The van der Waals surface area contributed by atoms with E-state index in [2.05, 4.69) is 24.1 Å². The van der Waals surface area contributed by atoms with Crippen LogP contribution in [0.3, 0.4) is 0 Å². The summed E-state index contributed by atoms with van der Waals surface area (Å²) in [6.07, 6.45) is 4.45. The van der Waals surface area contributed by atoms with Crippen molar-refractivity contribution in [2.45, 2.75) is 45.6 Å². The number of halogens is 1. The number of sulfone groups is 1. The zero-order chi connectivity index (χ0) is 15.7. The van der Waals surface area contributed by atoms with Gasteiger partial charge in [-0.05, 0) is 43.4 Å². The van der Waals surface area contributed by atoms with Gasteiger partial charge in [-0.1, -0.05) is 13.8 Å². The molecule has 3 atom stereocenters. The molecule has 134 valence electrons. The minimum absolute atomic E-state index is 0. The van der Waals surface area contributed by atoms with Gasteiger partial charge in [0.1, 0.15) is 0 Å². The van der Waals surface area contributed by atoms with Crippen LogP contribution in [0.4, 0.5) is 0 Å². The average molecular weight is 455 g/mol. The second-order valence-corrected chi connectivity index (χ2v) is 9.77. The Morgan fingerprint density at radius 3 is 2.48 bits per heavy atom. The van der Waals surface area contributed by atoms with Gasteiger partial charge in [0.2, 0.25) is 0 Å². The van der Waals surface area contributed by atoms with Crippen LogP contribution >= 0.6 is 24.0 Å². The molecule has 0 amide bonds. The third kappa shape index (κ3) is 5.47. The van der Waals surface area contributed by atoms with Crippen LogP contribution in [0.2, 0.25) is 0 Å². The molecule has 0 aromatic heterocycles. The number of nitrogens with one attached hydrogen (secondary N) is 1. The van der Waals surface area contributed by atoms with Crippen LogP contribution in [0, 0.1) is 17.8 Å². The summed E-state index contributed by atoms with van der Waals surface area (Å²) in [4.78, 5) is 7.18. The van der Waals surface area contributed by atoms with E-state index in [-0.39, 0.29) is 29.9 Å². The third-order valence-electron chi connectivity index (χ3n) is 5.37. The largest absolute Gasteiger partial charge is 0.354 e. The Kier molecular flexibility index (Phi) is 6.61. The lowest BCUT2D eigenvalue weighted by Gasteiger charge is -2.37. The first-order valence-corrected chi connectivity index (χ1v) is 10.5. The van der Waals surface area contributed by atoms with Crippen molar-refractivity contribution in [2.75, 3.05) is 31.1 Å². The predicted octanol–water partition coefficient (Wildman–Crippen LogP) is 2.13. The van der Waals surface area contributed by atoms with E-state index in [1.807, 2.05) is 0 Å². The maximum Gasteiger partial charge on any atom is 0.194 e. The van der Waals surface area contributed by atoms with Crippen LogP contribution in [0.25, 0.3) is 0 Å². The topological polar surface area (TPSA) is 61.8 Å². The molecule has 3 unspecified atom stereocenters. The fourth-order valence-electron chi connectivity index (χ4n) is 3.33. The molecule has 23 heavy (non-hydrogen) atoms. The summed E-state index contributed by atoms with van der Waals surface area (Å²) < 4.78 is 23.2. The smallest absolute Gasteiger partial charge is 0.194 e. The number of rotatable bonds is 3. The van der Waals surface area contributed by atoms with Gasteiger partial charge < -0.3 is 10.2 Å². The summed E-state index contributed by atoms with van der Waals surface area (Å²) in [5.41, 5.74) is 0. The summed E-state index contributed by atoms with van der Waals surface area (Å²) in [5, 5.41) is 3.57. The molecule has 0 bridgehead atoms. The van der Waals surface area contributed by atoms with E-state index in [0.717, 1.165) is 31.4 Å². The van der Waals surface area contributed by atoms with Crippen LogP contribution < -0.4 is 5.32 Å². The first-order chi connectivity index (χ1) is 10.4. The standard InChI is InChI=1S/C16H29N3O2S.HI/c1-12-5-7-19(10-13(12)2)16(18-15-3-4-15)17-9-14-6-8-22(20,21)11-14;/h12-15H,3-11H2,1-2H3,(H,17,18);1H. The monoisotopic (exact) mass is 455 g/mol. The van der Waals surface area contributed by atoms with Crippen LogP contribution in [0.1, 0.15) is 39.5 Å². The molecular weight excluding hydrogens is 425 g/mol. The second kappa shape index (κ2) is 7.89. The molecule has 3 fully saturated rings. The molecule has 2 heterocycles. The Labute approximate surface area is 157 Å². The van der Waals surface area contributed by atoms with Crippen LogP contribution in [-0.2, 0) is 9.84 Å². The van der Waals surface area contributed by atoms with Gasteiger partial charge in [-0.3, -0.25) is 4.99 Å². The normalized spacial score (nSPS) is 34.1. The summed E-state index contributed by atoms with van der Waals surface area (Å²) in [7, 11) is -2.80. The molecule has 5 nitrogen and oxygen atoms in total. The van der Waals surface area contributed by atoms with E-state index in [1.54, 1.807) is 0 Å². The Bertz CT molecular complexity index is 533. The van der Waals surface area contributed by atoms with E-state index in [0.29, 0.717) is 30.0 Å². The van der Waals surface area contributed by atoms with Crippen LogP contribution in [0.5, 0.6) is 0 Å². The number of nitrogens with zero attached hydrogens (tertiary/aromatic N) is 2. The highest BCUT2D eigenvalue weighted by atomic mass is 127. The van der Waals surface area contributed by atoms with E-state index < -0.39 is 9.84 Å². The lowest BCUT2D eigenvalue weighted by atomic mass is 9.89. The Balaban J connectivity index is 0.00000192. The van der Waals surface area contributed by atoms with Crippen molar-refractivity contribution in [1.82, 2.24) is 10.2 Å². The fraction of sp³-hybridized carbons (Fsp3) is 0.938. The SMILES string of the molecule is CC1CCN(C(=NCC2CCS(=O)(=O)C2)NC2CC2)CC1C.I. The minimum atomic E-state index is -2.80. The van der Waals surface area contributed by atoms with Crippen molar-refractivity contribution >= 4 is 39.8 Å². The van der Waals surface area contributed by atoms with Crippen LogP contribution in [0.15, 0.2) is 4.99 Å². The Morgan fingerprint density at radius 1 is 1.17 bits per heavy atom. The molecule has 0 aromatic carbocycles. The molecule has 0 aromatic rings. The van der Waals surface area contributed by atoms with Gasteiger partial charge >= 0.3 is 0 Å². The zero-order valence-electron chi connectivity index (χ0n) is 14.2.